The largest absolute Gasteiger partial charge is 0.0944 e. The molecular weight excluding hydrogens is 144 g/mol. The number of hydrogen-bond acceptors (Lipinski definition) is 1. The number of thiocarbonyl (C=S) groups is 1. The second kappa shape index (κ2) is 2.17. The molecule has 0 saturated heterocycles. The van der Waals surface area contributed by atoms with Crippen molar-refractivity contribution in [1.29, 1.82) is 0 Å². The van der Waals surface area contributed by atoms with Gasteiger partial charge in [-0.1, -0.05) is 31.9 Å². The van der Waals surface area contributed by atoms with Gasteiger partial charge < -0.3 is 0 Å². The van der Waals surface area contributed by atoms with Gasteiger partial charge in [0.15, 0.2) is 0 Å². The average molecular weight is 158 g/mol. The molecule has 0 N–H and O–H groups in total. The summed E-state index contributed by atoms with van der Waals surface area (Å²) in [5.74, 6) is 0.853. The molecule has 0 radical (unpaired) electrons. The average Bonchev–Trinajstić information content (AvgIpc) is 2.40. The predicted molar refractivity (Wildman–Crippen MR) is 48.7 cm³/mol. The molecule has 1 aliphatic rings. The smallest absolute Gasteiger partial charge is 0.0866 e. The van der Waals surface area contributed by atoms with Crippen LogP contribution in [-0.4, -0.2) is 12.6 Å². The fourth-order valence-corrected chi connectivity index (χ4v) is 2.71. The van der Waals surface area contributed by atoms with Crippen LogP contribution in [0.5, 0.6) is 0 Å². The molecule has 0 unspecified atom stereocenters. The maximum atomic E-state index is 5.34. The van der Waals surface area contributed by atoms with Crippen molar-refractivity contribution in [3.63, 3.8) is 0 Å². The Labute approximate surface area is 63.7 Å². The molecule has 9 heavy (non-hydrogen) atoms. The van der Waals surface area contributed by atoms with Crippen LogP contribution in [-0.2, 0) is 0 Å². The van der Waals surface area contributed by atoms with Crippen LogP contribution in [0, 0.1) is 5.92 Å². The van der Waals surface area contributed by atoms with E-state index in [1.807, 2.05) is 0 Å². The normalized spacial score (nSPS) is 19.9. The third-order valence-electron chi connectivity index (χ3n) is 1.69. The van der Waals surface area contributed by atoms with Crippen LogP contribution in [0.25, 0.3) is 0 Å². The third-order valence-corrected chi connectivity index (χ3v) is 5.74. The summed E-state index contributed by atoms with van der Waals surface area (Å²) in [6.45, 7) is 7.02. The quantitative estimate of drug-likeness (QED) is 0.440. The van der Waals surface area contributed by atoms with E-state index in [9.17, 15) is 0 Å². The molecular formula is C7H14SSi. The molecule has 0 nitrogen and oxygen atoms in total. The zero-order valence-electron chi connectivity index (χ0n) is 6.40. The lowest BCUT2D eigenvalue weighted by Gasteiger charge is -2.16. The van der Waals surface area contributed by atoms with Gasteiger partial charge in [-0.2, -0.15) is 0 Å². The van der Waals surface area contributed by atoms with Gasteiger partial charge in [-0.3, -0.25) is 0 Å². The summed E-state index contributed by atoms with van der Waals surface area (Å²) in [6, 6.07) is 0. The summed E-state index contributed by atoms with van der Waals surface area (Å²) in [5.41, 5.74) is 0. The number of rotatable bonds is 2. The van der Waals surface area contributed by atoms with Crippen molar-refractivity contribution in [2.24, 2.45) is 5.92 Å². The van der Waals surface area contributed by atoms with Crippen LogP contribution in [0.1, 0.15) is 12.8 Å². The highest BCUT2D eigenvalue weighted by molar-refractivity contribution is 7.85. The minimum absolute atomic E-state index is 0.853. The molecule has 0 heterocycles. The van der Waals surface area contributed by atoms with Crippen LogP contribution in [0.4, 0.5) is 0 Å². The van der Waals surface area contributed by atoms with E-state index in [0.717, 1.165) is 5.92 Å². The van der Waals surface area contributed by atoms with E-state index in [1.165, 1.54) is 17.3 Å². The molecule has 1 rings (SSSR count). The Morgan fingerprint density at radius 2 is 1.78 bits per heavy atom. The van der Waals surface area contributed by atoms with Gasteiger partial charge in [-0.25, -0.2) is 0 Å². The Balaban J connectivity index is 2.50. The zero-order valence-corrected chi connectivity index (χ0v) is 8.22. The second-order valence-electron chi connectivity index (χ2n) is 3.89. The van der Waals surface area contributed by atoms with Crippen LogP contribution in [0.15, 0.2) is 0 Å². The maximum absolute atomic E-state index is 5.34. The Hall–Kier alpha value is 0.307. The fourth-order valence-electron chi connectivity index (χ4n) is 0.958. The van der Waals surface area contributed by atoms with Crippen molar-refractivity contribution >= 4 is 24.8 Å². The van der Waals surface area contributed by atoms with Gasteiger partial charge in [-0.15, -0.1) is 0 Å². The number of hydrogen-bond donors (Lipinski definition) is 0. The second-order valence-corrected chi connectivity index (χ2v) is 9.73. The lowest BCUT2D eigenvalue weighted by atomic mass is 10.5. The lowest BCUT2D eigenvalue weighted by molar-refractivity contribution is 1.24. The minimum Gasteiger partial charge on any atom is -0.0944 e. The summed E-state index contributed by atoms with van der Waals surface area (Å²) < 4.78 is 1.42. The zero-order chi connectivity index (χ0) is 7.07. The molecule has 52 valence electrons. The van der Waals surface area contributed by atoms with E-state index >= 15 is 0 Å². The van der Waals surface area contributed by atoms with Crippen molar-refractivity contribution in [3.05, 3.63) is 0 Å². The standard InChI is InChI=1S/C7H14SSi/c1-9(2,3)7(8)6-4-5-6/h6H,4-5H2,1-3H3. The Morgan fingerprint density at radius 3 is 1.89 bits per heavy atom. The van der Waals surface area contributed by atoms with Gasteiger partial charge in [0, 0.05) is 0 Å². The van der Waals surface area contributed by atoms with Crippen molar-refractivity contribution in [2.45, 2.75) is 32.5 Å². The van der Waals surface area contributed by atoms with Crippen LogP contribution in [0.2, 0.25) is 19.6 Å². The monoisotopic (exact) mass is 158 g/mol. The molecule has 0 atom stereocenters. The molecule has 0 aromatic heterocycles. The van der Waals surface area contributed by atoms with E-state index < -0.39 is 8.07 Å². The van der Waals surface area contributed by atoms with Gasteiger partial charge in [0.05, 0.1) is 8.07 Å². The maximum Gasteiger partial charge on any atom is 0.0866 e. The van der Waals surface area contributed by atoms with E-state index in [1.54, 1.807) is 0 Å². The fraction of sp³-hybridized carbons (Fsp3) is 0.857. The van der Waals surface area contributed by atoms with E-state index in [2.05, 4.69) is 19.6 Å². The van der Waals surface area contributed by atoms with Gasteiger partial charge in [0.25, 0.3) is 0 Å². The first-order valence-electron chi connectivity index (χ1n) is 3.56. The van der Waals surface area contributed by atoms with Crippen LogP contribution in [0.3, 0.4) is 0 Å². The SMILES string of the molecule is C[Si](C)(C)C(=S)C1CC1. The topological polar surface area (TPSA) is 0 Å². The summed E-state index contributed by atoms with van der Waals surface area (Å²) in [6.07, 6.45) is 2.76. The van der Waals surface area contributed by atoms with Crippen LogP contribution >= 0.6 is 12.2 Å². The van der Waals surface area contributed by atoms with Crippen molar-refractivity contribution < 1.29 is 0 Å². The molecule has 1 fully saturated rings. The first-order chi connectivity index (χ1) is 4.02. The molecule has 1 aliphatic carbocycles. The summed E-state index contributed by atoms with van der Waals surface area (Å²) in [7, 11) is -1.03. The van der Waals surface area contributed by atoms with Gasteiger partial charge in [-0.05, 0) is 23.2 Å². The summed E-state index contributed by atoms with van der Waals surface area (Å²) >= 11 is 5.34. The molecule has 0 aliphatic heterocycles. The Kier molecular flexibility index (Phi) is 1.79. The molecule has 0 aromatic carbocycles. The van der Waals surface area contributed by atoms with Crippen molar-refractivity contribution in [2.75, 3.05) is 0 Å². The van der Waals surface area contributed by atoms with Crippen molar-refractivity contribution in [3.8, 4) is 0 Å². The molecule has 0 bridgehead atoms. The Morgan fingerprint density at radius 1 is 1.33 bits per heavy atom. The van der Waals surface area contributed by atoms with E-state index in [-0.39, 0.29) is 0 Å². The van der Waals surface area contributed by atoms with E-state index in [4.69, 9.17) is 12.2 Å². The predicted octanol–water partition coefficient (Wildman–Crippen LogP) is 2.64. The molecule has 1 saturated carbocycles. The highest BCUT2D eigenvalue weighted by Gasteiger charge is 2.33. The highest BCUT2D eigenvalue weighted by atomic mass is 32.1. The highest BCUT2D eigenvalue weighted by Crippen LogP contribution is 2.34. The van der Waals surface area contributed by atoms with E-state index in [0.29, 0.717) is 0 Å². The Bertz CT molecular complexity index is 130. The molecule has 0 amide bonds. The third kappa shape index (κ3) is 1.87. The summed E-state index contributed by atoms with van der Waals surface area (Å²) in [4.78, 5) is 0. The van der Waals surface area contributed by atoms with Gasteiger partial charge in [0.1, 0.15) is 0 Å². The minimum atomic E-state index is -1.03. The first-order valence-corrected chi connectivity index (χ1v) is 7.47. The van der Waals surface area contributed by atoms with Gasteiger partial charge >= 0.3 is 0 Å². The molecule has 2 heteroatoms. The summed E-state index contributed by atoms with van der Waals surface area (Å²) in [5, 5.41) is 0. The van der Waals surface area contributed by atoms with Crippen molar-refractivity contribution in [1.82, 2.24) is 0 Å². The molecule has 0 aromatic rings. The van der Waals surface area contributed by atoms with Gasteiger partial charge in [0.2, 0.25) is 0 Å². The van der Waals surface area contributed by atoms with Crippen LogP contribution < -0.4 is 0 Å². The lowest BCUT2D eigenvalue weighted by Crippen LogP contribution is -2.32. The molecule has 0 spiro atoms. The first kappa shape index (κ1) is 7.41.